The summed E-state index contributed by atoms with van der Waals surface area (Å²) in [5, 5.41) is 2.96. The number of methoxy groups -OCH3 is 1. The van der Waals surface area contributed by atoms with Crippen LogP contribution in [0.15, 0.2) is 16.5 Å². The monoisotopic (exact) mass is 213 g/mol. The van der Waals surface area contributed by atoms with E-state index in [9.17, 15) is 4.79 Å². The van der Waals surface area contributed by atoms with Crippen LogP contribution in [0.1, 0.15) is 16.3 Å². The summed E-state index contributed by atoms with van der Waals surface area (Å²) in [5.41, 5.74) is 0. The molecule has 0 bridgehead atoms. The van der Waals surface area contributed by atoms with Crippen molar-refractivity contribution in [1.82, 2.24) is 5.32 Å². The maximum absolute atomic E-state index is 11.0. The summed E-state index contributed by atoms with van der Waals surface area (Å²) in [6.07, 6.45) is 0. The van der Waals surface area contributed by atoms with Crippen LogP contribution in [0.4, 0.5) is 0 Å². The predicted molar refractivity (Wildman–Crippen MR) is 53.6 cm³/mol. The van der Waals surface area contributed by atoms with E-state index in [0.29, 0.717) is 19.0 Å². The molecule has 1 aromatic rings. The van der Waals surface area contributed by atoms with E-state index in [0.717, 1.165) is 6.54 Å². The third-order valence-electron chi connectivity index (χ3n) is 1.79. The Morgan fingerprint density at radius 2 is 2.33 bits per heavy atom. The lowest BCUT2D eigenvalue weighted by molar-refractivity contribution is 0.0553. The Hall–Kier alpha value is -1.33. The van der Waals surface area contributed by atoms with Gasteiger partial charge in [0.05, 0.1) is 13.7 Å². The number of rotatable bonds is 6. The Balaban J connectivity index is 2.36. The summed E-state index contributed by atoms with van der Waals surface area (Å²) < 4.78 is 15.0. The van der Waals surface area contributed by atoms with Crippen molar-refractivity contribution in [3.8, 4) is 0 Å². The second-order valence-corrected chi connectivity index (χ2v) is 2.91. The van der Waals surface area contributed by atoms with Crippen molar-refractivity contribution in [2.45, 2.75) is 6.61 Å². The number of hydrogen-bond donors (Lipinski definition) is 1. The smallest absolute Gasteiger partial charge is 0.373 e. The van der Waals surface area contributed by atoms with Gasteiger partial charge in [-0.1, -0.05) is 0 Å². The molecule has 0 aliphatic rings. The Kier molecular flexibility index (Phi) is 4.86. The number of carbonyl (C=O) groups is 1. The van der Waals surface area contributed by atoms with Gasteiger partial charge in [0.25, 0.3) is 0 Å². The summed E-state index contributed by atoms with van der Waals surface area (Å²) in [5.74, 6) is 0.340. The topological polar surface area (TPSA) is 60.7 Å². The molecule has 1 aromatic heterocycles. The summed E-state index contributed by atoms with van der Waals surface area (Å²) in [7, 11) is 3.17. The van der Waals surface area contributed by atoms with Crippen molar-refractivity contribution in [1.29, 1.82) is 0 Å². The summed E-state index contributed by atoms with van der Waals surface area (Å²) in [4.78, 5) is 11.0. The van der Waals surface area contributed by atoms with Crippen LogP contribution in [0.3, 0.4) is 0 Å². The number of hydrogen-bond acceptors (Lipinski definition) is 5. The van der Waals surface area contributed by atoms with E-state index in [4.69, 9.17) is 9.15 Å². The molecule has 0 aromatic carbocycles. The van der Waals surface area contributed by atoms with Crippen molar-refractivity contribution in [3.05, 3.63) is 23.7 Å². The molecule has 0 saturated carbocycles. The van der Waals surface area contributed by atoms with Crippen LogP contribution in [0.25, 0.3) is 0 Å². The SMILES string of the molecule is CNCCOCc1ccc(C(=O)OC)o1. The summed E-state index contributed by atoms with van der Waals surface area (Å²) >= 11 is 0. The first-order valence-corrected chi connectivity index (χ1v) is 4.67. The highest BCUT2D eigenvalue weighted by Gasteiger charge is 2.10. The highest BCUT2D eigenvalue weighted by Crippen LogP contribution is 2.09. The summed E-state index contributed by atoms with van der Waals surface area (Å²) in [6, 6.07) is 3.27. The van der Waals surface area contributed by atoms with Crippen LogP contribution in [0, 0.1) is 0 Å². The fourth-order valence-corrected chi connectivity index (χ4v) is 1.01. The van der Waals surface area contributed by atoms with Gasteiger partial charge in [0, 0.05) is 6.54 Å². The van der Waals surface area contributed by atoms with Gasteiger partial charge in [-0.15, -0.1) is 0 Å². The molecule has 0 aliphatic carbocycles. The zero-order chi connectivity index (χ0) is 11.1. The average molecular weight is 213 g/mol. The van der Waals surface area contributed by atoms with Crippen molar-refractivity contribution in [3.63, 3.8) is 0 Å². The largest absolute Gasteiger partial charge is 0.463 e. The summed E-state index contributed by atoms with van der Waals surface area (Å²) in [6.45, 7) is 1.74. The molecule has 1 rings (SSSR count). The molecule has 1 heterocycles. The molecule has 0 fully saturated rings. The normalized spacial score (nSPS) is 10.3. The Labute approximate surface area is 88.4 Å². The lowest BCUT2D eigenvalue weighted by Crippen LogP contribution is -2.13. The van der Waals surface area contributed by atoms with Gasteiger partial charge in [-0.2, -0.15) is 0 Å². The minimum absolute atomic E-state index is 0.199. The highest BCUT2D eigenvalue weighted by atomic mass is 16.5. The molecular weight excluding hydrogens is 198 g/mol. The average Bonchev–Trinajstić information content (AvgIpc) is 2.72. The Morgan fingerprint density at radius 3 is 3.00 bits per heavy atom. The van der Waals surface area contributed by atoms with Crippen LogP contribution in [-0.4, -0.2) is 33.3 Å². The molecule has 0 atom stereocenters. The lowest BCUT2D eigenvalue weighted by Gasteiger charge is -2.00. The molecule has 0 spiro atoms. The molecule has 0 unspecified atom stereocenters. The number of esters is 1. The van der Waals surface area contributed by atoms with Crippen LogP contribution < -0.4 is 5.32 Å². The number of nitrogens with one attached hydrogen (secondary N) is 1. The van der Waals surface area contributed by atoms with Crippen LogP contribution in [-0.2, 0) is 16.1 Å². The Bertz CT molecular complexity index is 308. The van der Waals surface area contributed by atoms with Gasteiger partial charge in [-0.05, 0) is 19.2 Å². The maximum Gasteiger partial charge on any atom is 0.373 e. The molecule has 0 aliphatic heterocycles. The van der Waals surface area contributed by atoms with E-state index in [1.807, 2.05) is 7.05 Å². The molecule has 84 valence electrons. The number of carbonyl (C=O) groups excluding carboxylic acids is 1. The zero-order valence-electron chi connectivity index (χ0n) is 8.91. The first-order chi connectivity index (χ1) is 7.27. The van der Waals surface area contributed by atoms with Crippen LogP contribution >= 0.6 is 0 Å². The van der Waals surface area contributed by atoms with Crippen molar-refractivity contribution >= 4 is 5.97 Å². The van der Waals surface area contributed by atoms with E-state index in [1.165, 1.54) is 7.11 Å². The predicted octanol–water partition coefficient (Wildman–Crippen LogP) is 0.802. The van der Waals surface area contributed by atoms with E-state index < -0.39 is 5.97 Å². The van der Waals surface area contributed by atoms with Crippen LogP contribution in [0.5, 0.6) is 0 Å². The third kappa shape index (κ3) is 3.73. The van der Waals surface area contributed by atoms with Crippen molar-refractivity contribution < 1.29 is 18.7 Å². The van der Waals surface area contributed by atoms with Crippen LogP contribution in [0.2, 0.25) is 0 Å². The number of ether oxygens (including phenoxy) is 2. The maximum atomic E-state index is 11.0. The van der Waals surface area contributed by atoms with Gasteiger partial charge < -0.3 is 19.2 Å². The molecule has 0 radical (unpaired) electrons. The Morgan fingerprint density at radius 1 is 1.53 bits per heavy atom. The van der Waals surface area contributed by atoms with E-state index in [2.05, 4.69) is 10.1 Å². The first kappa shape index (κ1) is 11.7. The molecule has 15 heavy (non-hydrogen) atoms. The van der Waals surface area contributed by atoms with Crippen molar-refractivity contribution in [2.75, 3.05) is 27.3 Å². The highest BCUT2D eigenvalue weighted by molar-refractivity contribution is 5.86. The second kappa shape index (κ2) is 6.21. The van der Waals surface area contributed by atoms with Gasteiger partial charge >= 0.3 is 5.97 Å². The molecule has 0 amide bonds. The van der Waals surface area contributed by atoms with Gasteiger partial charge in [0.1, 0.15) is 12.4 Å². The number of furan rings is 1. The molecule has 0 saturated heterocycles. The standard InChI is InChI=1S/C10H15NO4/c1-11-5-6-14-7-8-3-4-9(15-8)10(12)13-2/h3-4,11H,5-7H2,1-2H3. The van der Waals surface area contributed by atoms with Crippen molar-refractivity contribution in [2.24, 2.45) is 0 Å². The second-order valence-electron chi connectivity index (χ2n) is 2.91. The van der Waals surface area contributed by atoms with Gasteiger partial charge in [0.2, 0.25) is 5.76 Å². The number of likely N-dealkylation sites (N-methyl/N-ethyl adjacent to an activating group) is 1. The van der Waals surface area contributed by atoms with Gasteiger partial charge in [-0.3, -0.25) is 0 Å². The molecular formula is C10H15NO4. The minimum Gasteiger partial charge on any atom is -0.463 e. The molecule has 5 nitrogen and oxygen atoms in total. The molecule has 1 N–H and O–H groups in total. The molecule has 5 heteroatoms. The minimum atomic E-state index is -0.475. The zero-order valence-corrected chi connectivity index (χ0v) is 8.91. The van der Waals surface area contributed by atoms with E-state index in [1.54, 1.807) is 12.1 Å². The fourth-order valence-electron chi connectivity index (χ4n) is 1.01. The quantitative estimate of drug-likeness (QED) is 0.559. The van der Waals surface area contributed by atoms with E-state index in [-0.39, 0.29) is 5.76 Å². The lowest BCUT2D eigenvalue weighted by atomic mass is 10.4. The third-order valence-corrected chi connectivity index (χ3v) is 1.79. The van der Waals surface area contributed by atoms with E-state index >= 15 is 0 Å². The first-order valence-electron chi connectivity index (χ1n) is 4.67. The van der Waals surface area contributed by atoms with Gasteiger partial charge in [0.15, 0.2) is 0 Å². The van der Waals surface area contributed by atoms with Gasteiger partial charge in [-0.25, -0.2) is 4.79 Å². The fraction of sp³-hybridized carbons (Fsp3) is 0.500.